The molecule has 2 atom stereocenters. The van der Waals surface area contributed by atoms with Crippen LogP contribution < -0.4 is 0 Å². The highest BCUT2D eigenvalue weighted by molar-refractivity contribution is 7.91. The van der Waals surface area contributed by atoms with Crippen LogP contribution in [0.25, 0.3) is 0 Å². The van der Waals surface area contributed by atoms with Crippen LogP contribution in [-0.4, -0.2) is 36.8 Å². The van der Waals surface area contributed by atoms with Crippen LogP contribution in [0.5, 0.6) is 0 Å². The van der Waals surface area contributed by atoms with E-state index in [0.717, 1.165) is 13.0 Å². The predicted molar refractivity (Wildman–Crippen MR) is 46.2 cm³/mol. The Kier molecular flexibility index (Phi) is 1.70. The van der Waals surface area contributed by atoms with Gasteiger partial charge in [-0.05, 0) is 12.3 Å². The molecule has 2 fully saturated rings. The van der Waals surface area contributed by atoms with Gasteiger partial charge < -0.3 is 0 Å². The van der Waals surface area contributed by atoms with Crippen LogP contribution in [0, 0.1) is 5.92 Å². The maximum absolute atomic E-state index is 11.2. The summed E-state index contributed by atoms with van der Waals surface area (Å²) in [5.41, 5.74) is 0. The average molecular weight is 193 g/mol. The van der Waals surface area contributed by atoms with Gasteiger partial charge >= 0.3 is 0 Å². The van der Waals surface area contributed by atoms with Crippen molar-refractivity contribution in [3.63, 3.8) is 0 Å². The van der Waals surface area contributed by atoms with Gasteiger partial charge in [0.2, 0.25) is 0 Å². The molecule has 2 saturated heterocycles. The average Bonchev–Trinajstić information content (AvgIpc) is 2.05. The molecule has 64 valence electrons. The zero-order chi connectivity index (χ0) is 8.06. The van der Waals surface area contributed by atoms with E-state index in [1.54, 1.807) is 0 Å². The molecule has 0 amide bonds. The number of thiol groups is 1. The minimum absolute atomic E-state index is 0.182. The SMILES string of the molecule is O=S1(=O)CC2CC(C1)N(S)C2. The molecule has 0 radical (unpaired) electrons. The number of rotatable bonds is 0. The fourth-order valence-electron chi connectivity index (χ4n) is 1.99. The van der Waals surface area contributed by atoms with Gasteiger partial charge in [-0.15, -0.1) is 0 Å². The number of fused-ring (bicyclic) bond motifs is 2. The zero-order valence-corrected chi connectivity index (χ0v) is 7.81. The van der Waals surface area contributed by atoms with Gasteiger partial charge in [0.25, 0.3) is 0 Å². The topological polar surface area (TPSA) is 37.4 Å². The van der Waals surface area contributed by atoms with Gasteiger partial charge in [0.15, 0.2) is 9.84 Å². The molecule has 2 unspecified atom stereocenters. The van der Waals surface area contributed by atoms with E-state index in [9.17, 15) is 8.42 Å². The van der Waals surface area contributed by atoms with Crippen LogP contribution in [0.2, 0.25) is 0 Å². The van der Waals surface area contributed by atoms with Crippen LogP contribution in [0.4, 0.5) is 0 Å². The van der Waals surface area contributed by atoms with E-state index in [-0.39, 0.29) is 6.04 Å². The molecule has 3 nitrogen and oxygen atoms in total. The van der Waals surface area contributed by atoms with Gasteiger partial charge in [-0.3, -0.25) is 0 Å². The Morgan fingerprint density at radius 1 is 1.36 bits per heavy atom. The summed E-state index contributed by atoms with van der Waals surface area (Å²) in [5, 5.41) is 0. The molecule has 2 heterocycles. The summed E-state index contributed by atoms with van der Waals surface area (Å²) >= 11 is 4.21. The smallest absolute Gasteiger partial charge is 0.152 e. The van der Waals surface area contributed by atoms with E-state index in [2.05, 4.69) is 12.8 Å². The lowest BCUT2D eigenvalue weighted by Gasteiger charge is -2.19. The van der Waals surface area contributed by atoms with E-state index in [1.165, 1.54) is 0 Å². The molecular weight excluding hydrogens is 182 g/mol. The second kappa shape index (κ2) is 2.37. The van der Waals surface area contributed by atoms with Crippen molar-refractivity contribution in [1.29, 1.82) is 0 Å². The molecule has 2 aliphatic rings. The summed E-state index contributed by atoms with van der Waals surface area (Å²) in [6, 6.07) is 0.182. The van der Waals surface area contributed by atoms with Gasteiger partial charge in [-0.25, -0.2) is 12.7 Å². The fraction of sp³-hybridized carbons (Fsp3) is 1.00. The molecule has 2 bridgehead atoms. The Morgan fingerprint density at radius 2 is 2.09 bits per heavy atom. The summed E-state index contributed by atoms with van der Waals surface area (Å²) in [4.78, 5) is 0. The summed E-state index contributed by atoms with van der Waals surface area (Å²) in [6.07, 6.45) is 1.02. The van der Waals surface area contributed by atoms with E-state index in [0.29, 0.717) is 17.4 Å². The third-order valence-electron chi connectivity index (χ3n) is 2.41. The van der Waals surface area contributed by atoms with Gasteiger partial charge in [0.05, 0.1) is 11.5 Å². The maximum atomic E-state index is 11.2. The van der Waals surface area contributed by atoms with Crippen molar-refractivity contribution in [3.8, 4) is 0 Å². The number of hydrogen-bond donors (Lipinski definition) is 1. The van der Waals surface area contributed by atoms with Crippen LogP contribution in [0.1, 0.15) is 6.42 Å². The van der Waals surface area contributed by atoms with E-state index in [4.69, 9.17) is 0 Å². The number of sulfone groups is 1. The number of nitrogens with zero attached hydrogens (tertiary/aromatic N) is 1. The zero-order valence-electron chi connectivity index (χ0n) is 6.10. The van der Waals surface area contributed by atoms with Gasteiger partial charge in [-0.2, -0.15) is 0 Å². The quantitative estimate of drug-likeness (QED) is 0.548. The molecule has 0 aromatic rings. The molecule has 0 aliphatic carbocycles. The molecule has 11 heavy (non-hydrogen) atoms. The molecule has 5 heteroatoms. The molecular formula is C6H11NO2S2. The fourth-order valence-corrected chi connectivity index (χ4v) is 4.51. The molecule has 0 aromatic heterocycles. The van der Waals surface area contributed by atoms with Crippen molar-refractivity contribution in [2.75, 3.05) is 18.1 Å². The Balaban J connectivity index is 2.25. The molecule has 0 spiro atoms. The first-order valence-corrected chi connectivity index (χ1v) is 5.95. The first-order valence-electron chi connectivity index (χ1n) is 3.73. The second-order valence-corrected chi connectivity index (χ2v) is 6.12. The lowest BCUT2D eigenvalue weighted by Crippen LogP contribution is -2.32. The van der Waals surface area contributed by atoms with Crippen molar-refractivity contribution in [2.45, 2.75) is 12.5 Å². The monoisotopic (exact) mass is 193 g/mol. The summed E-state index contributed by atoms with van der Waals surface area (Å²) < 4.78 is 24.3. The first kappa shape index (κ1) is 7.89. The predicted octanol–water partition coefficient (Wildman–Crippen LogP) is -0.0499. The van der Waals surface area contributed by atoms with Gasteiger partial charge in [0.1, 0.15) is 0 Å². The molecule has 0 saturated carbocycles. The molecule has 2 rings (SSSR count). The highest BCUT2D eigenvalue weighted by Gasteiger charge is 2.40. The Labute approximate surface area is 72.2 Å². The van der Waals surface area contributed by atoms with Crippen molar-refractivity contribution >= 4 is 22.7 Å². The third-order valence-corrected chi connectivity index (χ3v) is 4.77. The van der Waals surface area contributed by atoms with Crippen molar-refractivity contribution in [2.24, 2.45) is 5.92 Å². The van der Waals surface area contributed by atoms with Crippen LogP contribution >= 0.6 is 12.8 Å². The third kappa shape index (κ3) is 1.41. The second-order valence-electron chi connectivity index (χ2n) is 3.45. The minimum atomic E-state index is -2.74. The van der Waals surface area contributed by atoms with Crippen LogP contribution in [-0.2, 0) is 9.84 Å². The van der Waals surface area contributed by atoms with E-state index >= 15 is 0 Å². The summed E-state index contributed by atoms with van der Waals surface area (Å²) in [5.74, 6) is 1.03. The van der Waals surface area contributed by atoms with Crippen molar-refractivity contribution in [3.05, 3.63) is 0 Å². The number of hydrogen-bond acceptors (Lipinski definition) is 4. The Morgan fingerprint density at radius 3 is 2.73 bits per heavy atom. The van der Waals surface area contributed by atoms with Gasteiger partial charge in [-0.1, -0.05) is 12.8 Å². The van der Waals surface area contributed by atoms with Crippen molar-refractivity contribution in [1.82, 2.24) is 4.31 Å². The lowest BCUT2D eigenvalue weighted by molar-refractivity contribution is 0.470. The molecule has 0 aromatic carbocycles. The normalized spacial score (nSPS) is 42.6. The van der Waals surface area contributed by atoms with Crippen LogP contribution in [0.3, 0.4) is 0 Å². The highest BCUT2D eigenvalue weighted by Crippen LogP contribution is 2.31. The summed E-state index contributed by atoms with van der Waals surface area (Å²) in [7, 11) is -2.74. The molecule has 0 N–H and O–H groups in total. The standard InChI is InChI=1S/C6H11NO2S2/c8-11(9)3-5-1-6(4-11)7(10)2-5/h5-6,10H,1-4H2. The van der Waals surface area contributed by atoms with Gasteiger partial charge in [0, 0.05) is 12.6 Å². The molecule has 2 aliphatic heterocycles. The minimum Gasteiger partial charge on any atom is -0.249 e. The van der Waals surface area contributed by atoms with E-state index in [1.807, 2.05) is 4.31 Å². The largest absolute Gasteiger partial charge is 0.249 e. The Bertz CT molecular complexity index is 260. The highest BCUT2D eigenvalue weighted by atomic mass is 32.2. The van der Waals surface area contributed by atoms with E-state index < -0.39 is 9.84 Å². The van der Waals surface area contributed by atoms with Crippen LogP contribution in [0.15, 0.2) is 0 Å². The maximum Gasteiger partial charge on any atom is 0.152 e. The lowest BCUT2D eigenvalue weighted by atomic mass is 10.1. The Hall–Kier alpha value is 0.260. The summed E-state index contributed by atoms with van der Waals surface area (Å²) in [6.45, 7) is 0.840. The van der Waals surface area contributed by atoms with Crippen molar-refractivity contribution < 1.29 is 8.42 Å². The first-order chi connectivity index (χ1) is 5.07.